The second-order valence-corrected chi connectivity index (χ2v) is 7.11. The number of aliphatic hydroxyl groups is 1. The van der Waals surface area contributed by atoms with Gasteiger partial charge in [-0.25, -0.2) is 4.98 Å². The molecule has 1 aliphatic carbocycles. The van der Waals surface area contributed by atoms with Crippen molar-refractivity contribution in [2.24, 2.45) is 5.41 Å². The van der Waals surface area contributed by atoms with Crippen LogP contribution in [-0.4, -0.2) is 23.2 Å². The van der Waals surface area contributed by atoms with E-state index in [1.165, 1.54) is 0 Å². The highest BCUT2D eigenvalue weighted by Gasteiger charge is 2.37. The van der Waals surface area contributed by atoms with E-state index in [1.807, 2.05) is 60.7 Å². The molecular formula is C24H20N4O2. The summed E-state index contributed by atoms with van der Waals surface area (Å²) >= 11 is 0. The van der Waals surface area contributed by atoms with Gasteiger partial charge >= 0.3 is 0 Å². The smallest absolute Gasteiger partial charge is 0.227 e. The third-order valence-electron chi connectivity index (χ3n) is 5.18. The normalized spacial score (nSPS) is 14.8. The highest BCUT2D eigenvalue weighted by Crippen LogP contribution is 2.43. The molecule has 0 radical (unpaired) electrons. The number of fused-ring (bicyclic) bond motifs is 1. The Bertz CT molecular complexity index is 1210. The molecule has 0 saturated heterocycles. The predicted molar refractivity (Wildman–Crippen MR) is 114 cm³/mol. The summed E-state index contributed by atoms with van der Waals surface area (Å²) in [5, 5.41) is 31.6. The maximum absolute atomic E-state index is 9.76. The Balaban J connectivity index is 1.77. The SMILES string of the molecule is N#CC1(C#N)CC=CC=C1c1ccccc1-c1nc2ccc(CNCCO)cc2o1. The third-order valence-corrected chi connectivity index (χ3v) is 5.18. The molecule has 1 aromatic heterocycles. The van der Waals surface area contributed by atoms with Gasteiger partial charge in [0.05, 0.1) is 18.7 Å². The van der Waals surface area contributed by atoms with Crippen molar-refractivity contribution in [1.82, 2.24) is 10.3 Å². The summed E-state index contributed by atoms with van der Waals surface area (Å²) < 4.78 is 6.07. The lowest BCUT2D eigenvalue weighted by atomic mass is 9.73. The molecule has 0 amide bonds. The lowest BCUT2D eigenvalue weighted by Gasteiger charge is -2.24. The molecule has 2 N–H and O–H groups in total. The molecule has 0 saturated carbocycles. The fourth-order valence-corrected chi connectivity index (χ4v) is 3.63. The first-order chi connectivity index (χ1) is 14.7. The maximum atomic E-state index is 9.76. The number of nitrogens with zero attached hydrogens (tertiary/aromatic N) is 3. The van der Waals surface area contributed by atoms with E-state index in [2.05, 4.69) is 22.4 Å². The third kappa shape index (κ3) is 3.51. The Labute approximate surface area is 174 Å². The average Bonchev–Trinajstić information content (AvgIpc) is 3.22. The molecule has 0 atom stereocenters. The van der Waals surface area contributed by atoms with Crippen molar-refractivity contribution in [2.45, 2.75) is 13.0 Å². The zero-order chi connectivity index (χ0) is 21.0. The summed E-state index contributed by atoms with van der Waals surface area (Å²) in [4.78, 5) is 4.64. The minimum absolute atomic E-state index is 0.0867. The van der Waals surface area contributed by atoms with Crippen LogP contribution in [-0.2, 0) is 6.54 Å². The first kappa shape index (κ1) is 19.6. The number of hydrogen-bond acceptors (Lipinski definition) is 6. The Hall–Kier alpha value is -3.71. The first-order valence-electron chi connectivity index (χ1n) is 9.71. The Morgan fingerprint density at radius 3 is 2.70 bits per heavy atom. The van der Waals surface area contributed by atoms with Crippen LogP contribution in [0.1, 0.15) is 17.5 Å². The maximum Gasteiger partial charge on any atom is 0.227 e. The van der Waals surface area contributed by atoms with Gasteiger partial charge in [-0.05, 0) is 34.9 Å². The van der Waals surface area contributed by atoms with Crippen molar-refractivity contribution in [2.75, 3.05) is 13.2 Å². The van der Waals surface area contributed by atoms with E-state index < -0.39 is 5.41 Å². The van der Waals surface area contributed by atoms with E-state index >= 15 is 0 Å². The topological polar surface area (TPSA) is 106 Å². The van der Waals surface area contributed by atoms with Crippen LogP contribution >= 0.6 is 0 Å². The summed E-state index contributed by atoms with van der Waals surface area (Å²) in [5.41, 5.74) is 3.35. The van der Waals surface area contributed by atoms with Crippen LogP contribution in [0.2, 0.25) is 0 Å². The lowest BCUT2D eigenvalue weighted by molar-refractivity contribution is 0.292. The van der Waals surface area contributed by atoms with Crippen LogP contribution in [0.4, 0.5) is 0 Å². The van der Waals surface area contributed by atoms with Crippen molar-refractivity contribution in [3.8, 4) is 23.6 Å². The van der Waals surface area contributed by atoms with Crippen molar-refractivity contribution in [1.29, 1.82) is 10.5 Å². The summed E-state index contributed by atoms with van der Waals surface area (Å²) in [6.45, 7) is 1.23. The first-order valence-corrected chi connectivity index (χ1v) is 9.71. The molecule has 0 bridgehead atoms. The van der Waals surface area contributed by atoms with E-state index in [-0.39, 0.29) is 6.61 Å². The molecule has 148 valence electrons. The van der Waals surface area contributed by atoms with Gasteiger partial charge in [-0.1, -0.05) is 42.5 Å². The second kappa shape index (κ2) is 8.34. The molecule has 0 fully saturated rings. The quantitative estimate of drug-likeness (QED) is 0.611. The summed E-state index contributed by atoms with van der Waals surface area (Å²) in [6, 6.07) is 17.7. The van der Waals surface area contributed by atoms with Gasteiger partial charge in [0.1, 0.15) is 5.52 Å². The van der Waals surface area contributed by atoms with Crippen LogP contribution in [0.3, 0.4) is 0 Å². The molecule has 2 aromatic carbocycles. The molecule has 1 aliphatic rings. The summed E-state index contributed by atoms with van der Waals surface area (Å²) in [5.74, 6) is 0.446. The molecule has 6 nitrogen and oxygen atoms in total. The number of aromatic nitrogens is 1. The van der Waals surface area contributed by atoms with Crippen LogP contribution in [0, 0.1) is 28.1 Å². The molecule has 0 spiro atoms. The van der Waals surface area contributed by atoms with E-state index in [4.69, 9.17) is 9.52 Å². The summed E-state index contributed by atoms with van der Waals surface area (Å²) in [7, 11) is 0. The number of hydrogen-bond donors (Lipinski definition) is 2. The highest BCUT2D eigenvalue weighted by atomic mass is 16.3. The van der Waals surface area contributed by atoms with Gasteiger partial charge in [0, 0.05) is 25.1 Å². The molecule has 0 unspecified atom stereocenters. The molecule has 4 rings (SSSR count). The van der Waals surface area contributed by atoms with Crippen molar-refractivity contribution < 1.29 is 9.52 Å². The van der Waals surface area contributed by atoms with Crippen LogP contribution < -0.4 is 5.32 Å². The summed E-state index contributed by atoms with van der Waals surface area (Å²) in [6.07, 6.45) is 5.88. The van der Waals surface area contributed by atoms with Crippen molar-refractivity contribution in [3.63, 3.8) is 0 Å². The monoisotopic (exact) mass is 396 g/mol. The minimum atomic E-state index is -1.23. The standard InChI is InChI=1S/C24H20N4O2/c25-15-24(16-26)10-4-3-7-20(24)18-5-1-2-6-19(18)23-28-21-9-8-17(13-22(21)30-23)14-27-11-12-29/h1-9,13,27,29H,10-12,14H2. The van der Waals surface area contributed by atoms with E-state index in [9.17, 15) is 10.5 Å². The number of oxazole rings is 1. The van der Waals surface area contributed by atoms with Crippen LogP contribution in [0.25, 0.3) is 28.1 Å². The number of nitrogens with one attached hydrogen (secondary N) is 1. The Kier molecular flexibility index (Phi) is 5.45. The van der Waals surface area contributed by atoms with Gasteiger partial charge < -0.3 is 14.8 Å². The lowest BCUT2D eigenvalue weighted by Crippen LogP contribution is -2.19. The molecule has 30 heavy (non-hydrogen) atoms. The fraction of sp³-hybridized carbons (Fsp3) is 0.208. The second-order valence-electron chi connectivity index (χ2n) is 7.11. The van der Waals surface area contributed by atoms with E-state index in [0.29, 0.717) is 36.6 Å². The highest BCUT2D eigenvalue weighted by molar-refractivity contribution is 5.87. The minimum Gasteiger partial charge on any atom is -0.436 e. The van der Waals surface area contributed by atoms with Gasteiger partial charge in [-0.2, -0.15) is 10.5 Å². The van der Waals surface area contributed by atoms with Gasteiger partial charge in [0.2, 0.25) is 5.89 Å². The molecule has 0 aliphatic heterocycles. The largest absolute Gasteiger partial charge is 0.436 e. The number of nitriles is 2. The van der Waals surface area contributed by atoms with Gasteiger partial charge in [0.25, 0.3) is 0 Å². The number of benzene rings is 2. The number of aliphatic hydroxyl groups excluding tert-OH is 1. The average molecular weight is 396 g/mol. The van der Waals surface area contributed by atoms with E-state index in [0.717, 1.165) is 22.2 Å². The van der Waals surface area contributed by atoms with Crippen LogP contribution in [0.5, 0.6) is 0 Å². The van der Waals surface area contributed by atoms with Crippen molar-refractivity contribution in [3.05, 3.63) is 71.8 Å². The zero-order valence-electron chi connectivity index (χ0n) is 16.3. The fourth-order valence-electron chi connectivity index (χ4n) is 3.63. The number of rotatable bonds is 6. The van der Waals surface area contributed by atoms with Crippen molar-refractivity contribution >= 4 is 16.7 Å². The Morgan fingerprint density at radius 1 is 1.13 bits per heavy atom. The van der Waals surface area contributed by atoms with Gasteiger partial charge in [-0.3, -0.25) is 0 Å². The molecule has 6 heteroatoms. The van der Waals surface area contributed by atoms with Gasteiger partial charge in [0.15, 0.2) is 11.0 Å². The van der Waals surface area contributed by atoms with Crippen LogP contribution in [0.15, 0.2) is 65.1 Å². The van der Waals surface area contributed by atoms with E-state index in [1.54, 1.807) is 0 Å². The van der Waals surface area contributed by atoms with Gasteiger partial charge in [-0.15, -0.1) is 0 Å². The Morgan fingerprint density at radius 2 is 1.93 bits per heavy atom. The molecule has 3 aromatic rings. The molecule has 1 heterocycles. The predicted octanol–water partition coefficient (Wildman–Crippen LogP) is 3.95. The number of allylic oxidation sites excluding steroid dienone is 4. The molecular weight excluding hydrogens is 376 g/mol. The zero-order valence-corrected chi connectivity index (χ0v) is 16.3.